The number of aromatic amines is 2. The van der Waals surface area contributed by atoms with Gasteiger partial charge in [0.05, 0.1) is 28.9 Å². The van der Waals surface area contributed by atoms with Crippen molar-refractivity contribution >= 4 is 43.7 Å². The number of H-pyrrole nitrogens is 2. The summed E-state index contributed by atoms with van der Waals surface area (Å²) in [6.45, 7) is 3.98. The summed E-state index contributed by atoms with van der Waals surface area (Å²) in [6, 6.07) is 12.3. The Morgan fingerprint density at radius 3 is 2.56 bits per heavy atom. The third kappa shape index (κ3) is 6.59. The van der Waals surface area contributed by atoms with Crippen molar-refractivity contribution in [2.75, 3.05) is 11.6 Å². The van der Waals surface area contributed by atoms with Crippen molar-refractivity contribution in [3.8, 4) is 33.8 Å². The van der Waals surface area contributed by atoms with Gasteiger partial charge in [0.15, 0.2) is 11.5 Å². The molecule has 0 fully saturated rings. The number of carbonyl (C=O) groups is 1. The maximum absolute atomic E-state index is 14.6. The number of nitrogens with zero attached hydrogens (tertiary/aromatic N) is 4. The molecule has 0 bridgehead atoms. The predicted molar refractivity (Wildman–Crippen MR) is 172 cm³/mol. The van der Waals surface area contributed by atoms with E-state index < -0.39 is 15.8 Å². The summed E-state index contributed by atoms with van der Waals surface area (Å²) < 4.78 is 40.2. The SMILES string of the molecule is CCCC(=O)Nc1cc(CC)cc(-c2cnc3n[nH]c(-c4nc5c(-c6cc(F)cc(CNS(C)(=O)=O)c6)cncc5[nH]4)c3c2)c1. The summed E-state index contributed by atoms with van der Waals surface area (Å²) >= 11 is 0. The number of imidazole rings is 1. The zero-order valence-corrected chi connectivity index (χ0v) is 25.7. The van der Waals surface area contributed by atoms with Gasteiger partial charge in [-0.05, 0) is 71.5 Å². The molecule has 13 heteroatoms. The van der Waals surface area contributed by atoms with Crippen molar-refractivity contribution in [2.24, 2.45) is 0 Å². The summed E-state index contributed by atoms with van der Waals surface area (Å²) in [5.74, 6) is -0.0453. The molecule has 2 aromatic carbocycles. The molecule has 0 radical (unpaired) electrons. The lowest BCUT2D eigenvalue weighted by atomic mass is 10.0. The summed E-state index contributed by atoms with van der Waals surface area (Å²) in [5, 5.41) is 11.2. The Bertz CT molecular complexity index is 2170. The average Bonchev–Trinajstić information content (AvgIpc) is 3.63. The molecule has 6 rings (SSSR count). The van der Waals surface area contributed by atoms with Gasteiger partial charge in [0, 0.05) is 42.2 Å². The number of aromatic nitrogens is 6. The van der Waals surface area contributed by atoms with Gasteiger partial charge in [0.2, 0.25) is 15.9 Å². The molecule has 4 N–H and O–H groups in total. The van der Waals surface area contributed by atoms with Crippen molar-refractivity contribution in [1.82, 2.24) is 34.9 Å². The van der Waals surface area contributed by atoms with Crippen LogP contribution in [0.25, 0.3) is 55.8 Å². The fourth-order valence-corrected chi connectivity index (χ4v) is 5.64. The third-order valence-corrected chi connectivity index (χ3v) is 8.01. The first-order chi connectivity index (χ1) is 21.6. The molecular weight excluding hydrogens is 595 g/mol. The average molecular weight is 627 g/mol. The highest BCUT2D eigenvalue weighted by atomic mass is 32.2. The number of aryl methyl sites for hydroxylation is 1. The predicted octanol–water partition coefficient (Wildman–Crippen LogP) is 5.72. The van der Waals surface area contributed by atoms with Crippen LogP contribution in [0.2, 0.25) is 0 Å². The molecule has 0 aliphatic heterocycles. The highest BCUT2D eigenvalue weighted by Gasteiger charge is 2.18. The number of halogens is 1. The smallest absolute Gasteiger partial charge is 0.224 e. The lowest BCUT2D eigenvalue weighted by Crippen LogP contribution is -2.21. The van der Waals surface area contributed by atoms with Crippen LogP contribution < -0.4 is 10.0 Å². The normalized spacial score (nSPS) is 11.8. The van der Waals surface area contributed by atoms with Crippen LogP contribution in [0.3, 0.4) is 0 Å². The Kier molecular flexibility index (Phi) is 8.12. The molecule has 4 aromatic heterocycles. The number of fused-ring (bicyclic) bond motifs is 2. The highest BCUT2D eigenvalue weighted by Crippen LogP contribution is 2.33. The molecule has 45 heavy (non-hydrogen) atoms. The number of rotatable bonds is 10. The lowest BCUT2D eigenvalue weighted by Gasteiger charge is -2.10. The summed E-state index contributed by atoms with van der Waals surface area (Å²) in [4.78, 5) is 29.3. The van der Waals surface area contributed by atoms with Gasteiger partial charge in [0.1, 0.15) is 11.5 Å². The molecular formula is C32H31FN8O3S. The maximum Gasteiger partial charge on any atom is 0.224 e. The van der Waals surface area contributed by atoms with Gasteiger partial charge in [-0.2, -0.15) is 5.10 Å². The number of hydrogen-bond donors (Lipinski definition) is 4. The Balaban J connectivity index is 1.39. The van der Waals surface area contributed by atoms with Gasteiger partial charge in [-0.25, -0.2) is 27.5 Å². The summed E-state index contributed by atoms with van der Waals surface area (Å²) in [5.41, 5.74) is 7.41. The molecule has 230 valence electrons. The number of carbonyl (C=O) groups excluding carboxylic acids is 1. The van der Waals surface area contributed by atoms with Gasteiger partial charge >= 0.3 is 0 Å². The molecule has 0 unspecified atom stereocenters. The first-order valence-electron chi connectivity index (χ1n) is 14.5. The van der Waals surface area contributed by atoms with E-state index in [1.54, 1.807) is 24.7 Å². The van der Waals surface area contributed by atoms with Crippen molar-refractivity contribution in [3.05, 3.63) is 78.0 Å². The van der Waals surface area contributed by atoms with Gasteiger partial charge in [-0.15, -0.1) is 0 Å². The fraction of sp³-hybridized carbons (Fsp3) is 0.219. The largest absolute Gasteiger partial charge is 0.335 e. The Hall–Kier alpha value is -5.01. The minimum Gasteiger partial charge on any atom is -0.335 e. The van der Waals surface area contributed by atoms with E-state index in [9.17, 15) is 17.6 Å². The molecule has 11 nitrogen and oxygen atoms in total. The quantitative estimate of drug-likeness (QED) is 0.151. The molecule has 0 aliphatic rings. The first-order valence-corrected chi connectivity index (χ1v) is 16.4. The van der Waals surface area contributed by atoms with Crippen molar-refractivity contribution in [3.63, 3.8) is 0 Å². The van der Waals surface area contributed by atoms with Crippen LogP contribution >= 0.6 is 0 Å². The number of nitrogens with one attached hydrogen (secondary N) is 4. The Labute approximate surface area is 258 Å². The molecule has 6 aromatic rings. The van der Waals surface area contributed by atoms with Crippen LogP contribution in [0.5, 0.6) is 0 Å². The zero-order valence-electron chi connectivity index (χ0n) is 24.9. The van der Waals surface area contributed by atoms with Crippen LogP contribution in [0.15, 0.2) is 61.1 Å². The molecule has 1 amide bonds. The van der Waals surface area contributed by atoms with E-state index >= 15 is 0 Å². The summed E-state index contributed by atoms with van der Waals surface area (Å²) in [6.07, 6.45) is 8.04. The standard InChI is InChI=1S/C32H31FN8O3S/c1-4-6-28(42)37-24-10-18(5-2)7-20(12-24)22-13-25-30(40-41-31(25)35-15-22)32-38-27-17-34-16-26(29(27)39-32)21-8-19(9-23(33)11-21)14-36-45(3,43)44/h7-13,15-17,36H,4-6,14H2,1-3H3,(H,37,42)(H,38,39)(H,35,40,41). The molecule has 0 aliphatic carbocycles. The van der Waals surface area contributed by atoms with Crippen LogP contribution in [-0.4, -0.2) is 50.7 Å². The second kappa shape index (κ2) is 12.2. The summed E-state index contributed by atoms with van der Waals surface area (Å²) in [7, 11) is -3.45. The first kappa shape index (κ1) is 30.0. The van der Waals surface area contributed by atoms with Crippen molar-refractivity contribution in [1.29, 1.82) is 0 Å². The number of sulfonamides is 1. The molecule has 0 saturated heterocycles. The van der Waals surface area contributed by atoms with E-state index in [0.717, 1.165) is 46.9 Å². The van der Waals surface area contributed by atoms with Gasteiger partial charge in [-0.3, -0.25) is 14.9 Å². The highest BCUT2D eigenvalue weighted by molar-refractivity contribution is 7.88. The second-order valence-corrected chi connectivity index (χ2v) is 12.7. The number of benzene rings is 2. The maximum atomic E-state index is 14.6. The van der Waals surface area contributed by atoms with E-state index in [-0.39, 0.29) is 12.5 Å². The van der Waals surface area contributed by atoms with Gasteiger partial charge < -0.3 is 10.3 Å². The minimum atomic E-state index is -3.45. The Morgan fingerprint density at radius 2 is 1.78 bits per heavy atom. The van der Waals surface area contributed by atoms with Crippen molar-refractivity contribution < 1.29 is 17.6 Å². The van der Waals surface area contributed by atoms with E-state index in [2.05, 4.69) is 48.2 Å². The molecule has 0 saturated carbocycles. The minimum absolute atomic E-state index is 0.0267. The van der Waals surface area contributed by atoms with E-state index in [4.69, 9.17) is 4.98 Å². The van der Waals surface area contributed by atoms with E-state index in [0.29, 0.717) is 51.3 Å². The molecule has 0 atom stereocenters. The van der Waals surface area contributed by atoms with Gasteiger partial charge in [0.25, 0.3) is 0 Å². The number of pyridine rings is 2. The van der Waals surface area contributed by atoms with E-state index in [1.165, 1.54) is 12.1 Å². The van der Waals surface area contributed by atoms with Gasteiger partial charge in [-0.1, -0.05) is 19.9 Å². The fourth-order valence-electron chi connectivity index (χ4n) is 5.21. The van der Waals surface area contributed by atoms with Crippen LogP contribution in [-0.2, 0) is 27.8 Å². The number of amides is 1. The Morgan fingerprint density at radius 1 is 0.956 bits per heavy atom. The monoisotopic (exact) mass is 626 g/mol. The lowest BCUT2D eigenvalue weighted by molar-refractivity contribution is -0.116. The van der Waals surface area contributed by atoms with Crippen LogP contribution in [0, 0.1) is 5.82 Å². The third-order valence-electron chi connectivity index (χ3n) is 7.34. The molecule has 4 heterocycles. The van der Waals surface area contributed by atoms with Crippen LogP contribution in [0.4, 0.5) is 10.1 Å². The number of anilines is 1. The molecule has 0 spiro atoms. The number of hydrogen-bond acceptors (Lipinski definition) is 7. The van der Waals surface area contributed by atoms with Crippen LogP contribution in [0.1, 0.15) is 37.8 Å². The topological polar surface area (TPSA) is 158 Å². The second-order valence-electron chi connectivity index (χ2n) is 10.9. The van der Waals surface area contributed by atoms with E-state index in [1.807, 2.05) is 25.1 Å². The van der Waals surface area contributed by atoms with Crippen molar-refractivity contribution in [2.45, 2.75) is 39.7 Å². The zero-order chi connectivity index (χ0) is 31.7.